The van der Waals surface area contributed by atoms with Gasteiger partial charge < -0.3 is 16.4 Å². The zero-order chi connectivity index (χ0) is 21.8. The van der Waals surface area contributed by atoms with Crippen molar-refractivity contribution in [3.05, 3.63) is 95.3 Å². The van der Waals surface area contributed by atoms with Gasteiger partial charge in [0.15, 0.2) is 0 Å². The maximum Gasteiger partial charge on any atom is 0.255 e. The number of benzene rings is 3. The minimum absolute atomic E-state index is 0.152. The molecule has 5 nitrogen and oxygen atoms in total. The molecule has 0 radical (unpaired) electrons. The number of carbonyl (C=O) groups is 2. The van der Waals surface area contributed by atoms with Gasteiger partial charge in [-0.1, -0.05) is 42.5 Å². The summed E-state index contributed by atoms with van der Waals surface area (Å²) >= 11 is 0. The van der Waals surface area contributed by atoms with Crippen LogP contribution in [0.15, 0.2) is 72.8 Å². The van der Waals surface area contributed by atoms with E-state index in [1.165, 1.54) is 6.07 Å². The predicted molar refractivity (Wildman–Crippen MR) is 121 cm³/mol. The van der Waals surface area contributed by atoms with E-state index in [1.54, 1.807) is 72.8 Å². The fourth-order valence-corrected chi connectivity index (χ4v) is 3.14. The molecule has 31 heavy (non-hydrogen) atoms. The molecule has 1 fully saturated rings. The maximum absolute atomic E-state index is 14.4. The van der Waals surface area contributed by atoms with Crippen molar-refractivity contribution in [3.8, 4) is 0 Å². The number of nitrogens with one attached hydrogen (secondary N) is 2. The number of carbonyl (C=O) groups excluding carboxylic acids is 2. The fourth-order valence-electron chi connectivity index (χ4n) is 3.14. The van der Waals surface area contributed by atoms with E-state index < -0.39 is 5.82 Å². The lowest BCUT2D eigenvalue weighted by molar-refractivity contribution is -0.115. The molecular formula is C25H22FN3O2. The average Bonchev–Trinajstić information content (AvgIpc) is 3.58. The second kappa shape index (κ2) is 8.83. The van der Waals surface area contributed by atoms with E-state index in [0.29, 0.717) is 22.5 Å². The molecule has 4 rings (SSSR count). The van der Waals surface area contributed by atoms with E-state index in [0.717, 1.165) is 12.8 Å². The lowest BCUT2D eigenvalue weighted by atomic mass is 10.0. The van der Waals surface area contributed by atoms with Crippen LogP contribution in [0.5, 0.6) is 0 Å². The molecule has 156 valence electrons. The molecular weight excluding hydrogens is 393 g/mol. The van der Waals surface area contributed by atoms with E-state index in [4.69, 9.17) is 5.73 Å². The summed E-state index contributed by atoms with van der Waals surface area (Å²) in [4.78, 5) is 25.2. The molecule has 0 atom stereocenters. The van der Waals surface area contributed by atoms with E-state index in [9.17, 15) is 14.0 Å². The molecule has 0 bridgehead atoms. The van der Waals surface area contributed by atoms with Gasteiger partial charge in [0, 0.05) is 17.2 Å². The third-order valence-electron chi connectivity index (χ3n) is 5.01. The second-order valence-corrected chi connectivity index (χ2v) is 7.45. The smallest absolute Gasteiger partial charge is 0.255 e. The molecule has 4 N–H and O–H groups in total. The van der Waals surface area contributed by atoms with Gasteiger partial charge in [-0.2, -0.15) is 0 Å². The number of amides is 2. The van der Waals surface area contributed by atoms with Crippen LogP contribution >= 0.6 is 0 Å². The van der Waals surface area contributed by atoms with Crippen molar-refractivity contribution in [2.45, 2.75) is 18.9 Å². The van der Waals surface area contributed by atoms with Crippen molar-refractivity contribution in [1.82, 2.24) is 5.32 Å². The molecule has 0 heterocycles. The molecule has 0 aromatic heterocycles. The molecule has 0 saturated heterocycles. The fraction of sp³-hybridized carbons (Fsp3) is 0.120. The van der Waals surface area contributed by atoms with Gasteiger partial charge in [0.2, 0.25) is 0 Å². The topological polar surface area (TPSA) is 84.2 Å². The van der Waals surface area contributed by atoms with Crippen LogP contribution in [0.25, 0.3) is 11.6 Å². The number of anilines is 2. The number of nitrogens with two attached hydrogens (primary N) is 1. The van der Waals surface area contributed by atoms with Crippen molar-refractivity contribution in [2.24, 2.45) is 0 Å². The Labute approximate surface area is 179 Å². The molecule has 0 aliphatic heterocycles. The van der Waals surface area contributed by atoms with E-state index in [1.807, 2.05) is 0 Å². The van der Waals surface area contributed by atoms with Crippen molar-refractivity contribution < 1.29 is 14.0 Å². The highest BCUT2D eigenvalue weighted by atomic mass is 19.1. The first-order valence-electron chi connectivity index (χ1n) is 10.0. The Morgan fingerprint density at radius 1 is 0.935 bits per heavy atom. The second-order valence-electron chi connectivity index (χ2n) is 7.45. The number of nitrogen functional groups attached to an aromatic ring is 1. The molecule has 0 unspecified atom stereocenters. The van der Waals surface area contributed by atoms with Gasteiger partial charge in [-0.15, -0.1) is 0 Å². The number of hydrogen-bond donors (Lipinski definition) is 3. The highest BCUT2D eigenvalue weighted by molar-refractivity contribution is 6.24. The summed E-state index contributed by atoms with van der Waals surface area (Å²) in [7, 11) is 0. The largest absolute Gasteiger partial charge is 0.397 e. The number of rotatable bonds is 6. The predicted octanol–water partition coefficient (Wildman–Crippen LogP) is 4.48. The Balaban J connectivity index is 1.58. The van der Waals surface area contributed by atoms with Crippen molar-refractivity contribution in [2.75, 3.05) is 11.1 Å². The first kappa shape index (κ1) is 20.3. The highest BCUT2D eigenvalue weighted by Gasteiger charge is 2.26. The average molecular weight is 415 g/mol. The van der Waals surface area contributed by atoms with Gasteiger partial charge in [0.1, 0.15) is 5.82 Å². The Bertz CT molecular complexity index is 1150. The summed E-state index contributed by atoms with van der Waals surface area (Å²) in [6.07, 6.45) is 3.51. The van der Waals surface area contributed by atoms with Crippen LogP contribution in [0.4, 0.5) is 15.8 Å². The van der Waals surface area contributed by atoms with Gasteiger partial charge in [-0.25, -0.2) is 4.39 Å². The van der Waals surface area contributed by atoms with E-state index in [2.05, 4.69) is 10.6 Å². The van der Waals surface area contributed by atoms with Crippen LogP contribution in [-0.4, -0.2) is 17.9 Å². The van der Waals surface area contributed by atoms with Crippen LogP contribution in [0, 0.1) is 5.82 Å². The maximum atomic E-state index is 14.4. The Kier molecular flexibility index (Phi) is 5.80. The quantitative estimate of drug-likeness (QED) is 0.315. The van der Waals surface area contributed by atoms with E-state index in [-0.39, 0.29) is 29.0 Å². The summed E-state index contributed by atoms with van der Waals surface area (Å²) in [5.41, 5.74) is 8.49. The standard InChI is InChI=1S/C25H22FN3O2/c26-21-6-2-1-5-19(21)20(25(31)28-18-13-14-18)15-16-9-11-17(12-10-16)24(30)29-23-8-4-3-7-22(23)27/h1-12,15,18H,13-14,27H2,(H,28,31)(H,29,30)/b20-15-. The molecule has 1 aliphatic rings. The minimum atomic E-state index is -0.462. The van der Waals surface area contributed by atoms with Gasteiger partial charge in [-0.05, 0) is 54.8 Å². The summed E-state index contributed by atoms with van der Waals surface area (Å²) < 4.78 is 14.4. The summed E-state index contributed by atoms with van der Waals surface area (Å²) in [6, 6.07) is 20.1. The summed E-state index contributed by atoms with van der Waals surface area (Å²) in [6.45, 7) is 0. The first-order chi connectivity index (χ1) is 15.0. The third kappa shape index (κ3) is 4.98. The van der Waals surface area contributed by atoms with Crippen molar-refractivity contribution in [3.63, 3.8) is 0 Å². The van der Waals surface area contributed by atoms with Crippen molar-refractivity contribution in [1.29, 1.82) is 0 Å². The third-order valence-corrected chi connectivity index (χ3v) is 5.01. The van der Waals surface area contributed by atoms with E-state index >= 15 is 0 Å². The molecule has 0 spiro atoms. The lowest BCUT2D eigenvalue weighted by Gasteiger charge is -2.11. The van der Waals surface area contributed by atoms with Gasteiger partial charge in [0.05, 0.1) is 16.9 Å². The number of halogens is 1. The molecule has 1 saturated carbocycles. The van der Waals surface area contributed by atoms with Crippen molar-refractivity contribution >= 4 is 34.8 Å². The number of para-hydroxylation sites is 2. The summed E-state index contributed by atoms with van der Waals surface area (Å²) in [5.74, 6) is -1.07. The van der Waals surface area contributed by atoms with Gasteiger partial charge in [0.25, 0.3) is 11.8 Å². The summed E-state index contributed by atoms with van der Waals surface area (Å²) in [5, 5.41) is 5.69. The minimum Gasteiger partial charge on any atom is -0.397 e. The van der Waals surface area contributed by atoms with Crippen LogP contribution in [-0.2, 0) is 4.79 Å². The van der Waals surface area contributed by atoms with Crippen LogP contribution in [0.3, 0.4) is 0 Å². The zero-order valence-electron chi connectivity index (χ0n) is 16.8. The molecule has 1 aliphatic carbocycles. The Morgan fingerprint density at radius 3 is 2.29 bits per heavy atom. The van der Waals surface area contributed by atoms with Crippen LogP contribution in [0.1, 0.15) is 34.3 Å². The van der Waals surface area contributed by atoms with Crippen LogP contribution < -0.4 is 16.4 Å². The molecule has 6 heteroatoms. The normalized spacial score (nSPS) is 13.5. The lowest BCUT2D eigenvalue weighted by Crippen LogP contribution is -2.26. The highest BCUT2D eigenvalue weighted by Crippen LogP contribution is 2.25. The molecule has 2 amide bonds. The van der Waals surface area contributed by atoms with Crippen LogP contribution in [0.2, 0.25) is 0 Å². The van der Waals surface area contributed by atoms with Gasteiger partial charge >= 0.3 is 0 Å². The zero-order valence-corrected chi connectivity index (χ0v) is 16.8. The first-order valence-corrected chi connectivity index (χ1v) is 10.0. The molecule has 3 aromatic rings. The number of hydrogen-bond acceptors (Lipinski definition) is 3. The molecule has 3 aromatic carbocycles. The van der Waals surface area contributed by atoms with Gasteiger partial charge in [-0.3, -0.25) is 9.59 Å². The SMILES string of the molecule is Nc1ccccc1NC(=O)c1ccc(/C=C(\C(=O)NC2CC2)c2ccccc2F)cc1. The Morgan fingerprint density at radius 2 is 1.61 bits per heavy atom. The monoisotopic (exact) mass is 415 g/mol. The Hall–Kier alpha value is -3.93.